The number of nitrogens with zero attached hydrogens (tertiary/aromatic N) is 6. The molecule has 1 aliphatic carbocycles. The number of rotatable bonds is 10. The second kappa shape index (κ2) is 17.6. The van der Waals surface area contributed by atoms with Gasteiger partial charge in [0.05, 0.1) is 39.8 Å². The number of carbonyl (C=O) groups excluding carboxylic acids is 1. The fourth-order valence-electron chi connectivity index (χ4n) is 12.1. The van der Waals surface area contributed by atoms with Crippen LogP contribution in [0.4, 0.5) is 28.4 Å². The number of fused-ring (bicyclic) bond motifs is 4. The first-order valence-electron chi connectivity index (χ1n) is 24.4. The molecule has 18 heteroatoms. The third-order valence-corrected chi connectivity index (χ3v) is 17.0. The molecule has 70 heavy (non-hydrogen) atoms. The van der Waals surface area contributed by atoms with Crippen molar-refractivity contribution in [2.24, 2.45) is 5.41 Å². The number of nitrogens with one attached hydrogen (secondary N) is 3. The minimum absolute atomic E-state index is 0.00775. The van der Waals surface area contributed by atoms with Crippen LogP contribution in [0.2, 0.25) is 0 Å². The average molecular weight is 966 g/mol. The summed E-state index contributed by atoms with van der Waals surface area (Å²) in [6.07, 6.45) is 11.0. The fourth-order valence-corrected chi connectivity index (χ4v) is 13.1. The van der Waals surface area contributed by atoms with Crippen LogP contribution in [0.25, 0.3) is 11.0 Å². The van der Waals surface area contributed by atoms with Gasteiger partial charge < -0.3 is 34.3 Å². The van der Waals surface area contributed by atoms with Gasteiger partial charge in [-0.2, -0.15) is 4.98 Å². The molecule has 3 N–H and O–H groups in total. The number of sulfonamides is 1. The van der Waals surface area contributed by atoms with E-state index < -0.39 is 37.5 Å². The van der Waals surface area contributed by atoms with Crippen LogP contribution in [0.3, 0.4) is 0 Å². The van der Waals surface area contributed by atoms with Crippen molar-refractivity contribution >= 4 is 55.4 Å². The van der Waals surface area contributed by atoms with E-state index >= 15 is 0 Å². The summed E-state index contributed by atoms with van der Waals surface area (Å²) in [6, 6.07) is 26.4. The summed E-state index contributed by atoms with van der Waals surface area (Å²) in [5.41, 5.74) is 6.25. The monoisotopic (exact) mass is 965 g/mol. The van der Waals surface area contributed by atoms with Gasteiger partial charge in [-0.05, 0) is 117 Å². The number of piperidine rings is 1. The number of H-pyrrole nitrogens is 1. The molecular formula is C52H55N9O8S. The van der Waals surface area contributed by atoms with Crippen molar-refractivity contribution in [1.82, 2.24) is 24.6 Å². The molecule has 6 aromatic rings. The highest BCUT2D eigenvalue weighted by Gasteiger charge is 2.50. The van der Waals surface area contributed by atoms with Crippen LogP contribution in [0, 0.1) is 22.5 Å². The number of likely N-dealkylation sites (tertiary alicyclic amines) is 1. The standard InChI is InChI=1S/C52H55N9O8S/c1-32-7-2-3-9-39(32)41-10-6-19-59(41)37-28-52(29-37)15-20-58(21-16-52)36-11-12-40(43(25-36)60-42-14-22-67-31-47(42)69-51-45(60)23-33-13-18-54-49(33)56-51)50(62)57-70(65,66)38-26-44(61(63)64)48-46(27-38)68-30-35(55-48)24-34-8-4-5-17-53-34/h2-5,7-9,11-13,17-18,23,25-27,35,37,41-42,47,55H,6,10,14-16,19-22,24,28-31H2,1H3,(H,54,56)(H,57,62)/t35-,41-,42-,47+/m0/s1. The Morgan fingerprint density at radius 2 is 1.81 bits per heavy atom. The van der Waals surface area contributed by atoms with Crippen LogP contribution < -0.4 is 29.3 Å². The number of aryl methyl sites for hydroxylation is 1. The molecule has 3 aromatic heterocycles. The lowest BCUT2D eigenvalue weighted by Crippen LogP contribution is -2.55. The van der Waals surface area contributed by atoms with Crippen molar-refractivity contribution in [2.45, 2.75) is 93.5 Å². The van der Waals surface area contributed by atoms with E-state index in [0.29, 0.717) is 61.0 Å². The zero-order valence-electron chi connectivity index (χ0n) is 38.9. The van der Waals surface area contributed by atoms with Gasteiger partial charge in [-0.15, -0.1) is 0 Å². The number of ether oxygens (including phenoxy) is 3. The lowest BCUT2D eigenvalue weighted by molar-refractivity contribution is -0.384. The molecule has 0 unspecified atom stereocenters. The molecule has 4 atom stereocenters. The van der Waals surface area contributed by atoms with Gasteiger partial charge in [0.25, 0.3) is 21.6 Å². The summed E-state index contributed by atoms with van der Waals surface area (Å²) in [5.74, 6) is -0.537. The Hall–Kier alpha value is -6.76. The number of nitro benzene ring substituents is 1. The molecule has 4 fully saturated rings. The van der Waals surface area contributed by atoms with Crippen molar-refractivity contribution in [3.05, 3.63) is 130 Å². The van der Waals surface area contributed by atoms with Crippen molar-refractivity contribution in [3.63, 3.8) is 0 Å². The number of hydrogen-bond acceptors (Lipinski definition) is 14. The zero-order chi connectivity index (χ0) is 47.7. The normalized spacial score (nSPS) is 23.0. The molecule has 362 valence electrons. The largest absolute Gasteiger partial charge is 0.489 e. The van der Waals surface area contributed by atoms with E-state index in [9.17, 15) is 23.3 Å². The van der Waals surface area contributed by atoms with E-state index in [-0.39, 0.29) is 41.1 Å². The smallest absolute Gasteiger partial charge is 0.297 e. The van der Waals surface area contributed by atoms with Crippen molar-refractivity contribution in [3.8, 4) is 11.6 Å². The number of anilines is 4. The summed E-state index contributed by atoms with van der Waals surface area (Å²) in [4.78, 5) is 45.7. The number of aromatic nitrogens is 3. The lowest BCUT2D eigenvalue weighted by Gasteiger charge is -2.56. The van der Waals surface area contributed by atoms with E-state index in [1.807, 2.05) is 42.6 Å². The Balaban J connectivity index is 0.842. The van der Waals surface area contributed by atoms with Gasteiger partial charge in [0.15, 0.2) is 11.4 Å². The summed E-state index contributed by atoms with van der Waals surface area (Å²) in [6.45, 7) is 5.93. The first-order valence-corrected chi connectivity index (χ1v) is 25.9. The Kier molecular flexibility index (Phi) is 11.2. The van der Waals surface area contributed by atoms with E-state index in [0.717, 1.165) is 55.3 Å². The van der Waals surface area contributed by atoms with Crippen LogP contribution in [0.15, 0.2) is 102 Å². The first kappa shape index (κ1) is 44.4. The van der Waals surface area contributed by atoms with Gasteiger partial charge in [0.2, 0.25) is 5.88 Å². The van der Waals surface area contributed by atoms with Gasteiger partial charge in [-0.1, -0.05) is 30.3 Å². The lowest BCUT2D eigenvalue weighted by atomic mass is 9.59. The predicted octanol–water partition coefficient (Wildman–Crippen LogP) is 7.98. The number of carbonyl (C=O) groups is 1. The molecule has 1 saturated carbocycles. The highest BCUT2D eigenvalue weighted by atomic mass is 32.2. The van der Waals surface area contributed by atoms with Crippen molar-refractivity contribution in [1.29, 1.82) is 0 Å². The van der Waals surface area contributed by atoms with Crippen LogP contribution in [0.1, 0.15) is 78.2 Å². The molecule has 0 radical (unpaired) electrons. The minimum atomic E-state index is -4.70. The quantitative estimate of drug-likeness (QED) is 0.0882. The number of aromatic amines is 1. The van der Waals surface area contributed by atoms with E-state index in [4.69, 9.17) is 19.2 Å². The molecule has 12 rings (SSSR count). The molecule has 1 amide bonds. The topological polar surface area (TPSA) is 197 Å². The third kappa shape index (κ3) is 8.04. The first-order chi connectivity index (χ1) is 34.0. The molecule has 1 spiro atoms. The number of nitro groups is 1. The summed E-state index contributed by atoms with van der Waals surface area (Å²) < 4.78 is 49.3. The van der Waals surface area contributed by atoms with E-state index in [1.54, 1.807) is 18.3 Å². The molecular weight excluding hydrogens is 911 g/mol. The van der Waals surface area contributed by atoms with Crippen LogP contribution in [0.5, 0.6) is 11.6 Å². The van der Waals surface area contributed by atoms with Crippen LogP contribution >= 0.6 is 0 Å². The average Bonchev–Trinajstić information content (AvgIpc) is 4.04. The maximum atomic E-state index is 14.8. The Morgan fingerprint density at radius 1 is 0.971 bits per heavy atom. The number of benzene rings is 3. The van der Waals surface area contributed by atoms with Crippen molar-refractivity contribution in [2.75, 3.05) is 54.6 Å². The SMILES string of the molecule is Cc1ccccc1[C@@H]1CCCN1C1CC2(CCN(c3ccc(C(=O)NS(=O)(=O)c4cc5c(c([N+](=O)[O-])c4)N[C@@H](Cc4ccccn4)CO5)c(N4c5cc6cc[nH]c6nc5O[C@@H]5COCC[C@@H]54)c3)CC2)C1. The third-order valence-electron chi connectivity index (χ3n) is 15.7. The van der Waals surface area contributed by atoms with Gasteiger partial charge in [0.1, 0.15) is 24.0 Å². The van der Waals surface area contributed by atoms with E-state index in [2.05, 4.69) is 65.9 Å². The molecule has 3 aromatic carbocycles. The maximum Gasteiger partial charge on any atom is 0.297 e. The molecule has 6 aliphatic rings. The molecule has 17 nitrogen and oxygen atoms in total. The van der Waals surface area contributed by atoms with Gasteiger partial charge >= 0.3 is 0 Å². The highest BCUT2D eigenvalue weighted by Crippen LogP contribution is 2.55. The van der Waals surface area contributed by atoms with Crippen molar-refractivity contribution < 1.29 is 32.3 Å². The van der Waals surface area contributed by atoms with Crippen LogP contribution in [-0.2, 0) is 21.2 Å². The van der Waals surface area contributed by atoms with Gasteiger partial charge in [-0.3, -0.25) is 24.8 Å². The maximum absolute atomic E-state index is 14.8. The predicted molar refractivity (Wildman–Crippen MR) is 264 cm³/mol. The molecule has 0 bridgehead atoms. The number of pyridine rings is 2. The Bertz CT molecular complexity index is 3120. The summed E-state index contributed by atoms with van der Waals surface area (Å²) >= 11 is 0. The Labute approximate surface area is 405 Å². The summed E-state index contributed by atoms with van der Waals surface area (Å²) in [5, 5.41) is 16.5. The minimum Gasteiger partial charge on any atom is -0.489 e. The zero-order valence-corrected chi connectivity index (χ0v) is 39.7. The second-order valence-electron chi connectivity index (χ2n) is 19.9. The number of hydrogen-bond donors (Lipinski definition) is 3. The summed E-state index contributed by atoms with van der Waals surface area (Å²) in [7, 11) is -4.70. The van der Waals surface area contributed by atoms with Crippen LogP contribution in [-0.4, -0.2) is 103 Å². The van der Waals surface area contributed by atoms with E-state index in [1.165, 1.54) is 42.9 Å². The molecule has 8 heterocycles. The second-order valence-corrected chi connectivity index (χ2v) is 21.6. The fraction of sp³-hybridized carbons (Fsp3) is 0.404. The Morgan fingerprint density at radius 3 is 2.63 bits per heavy atom. The molecule has 5 aliphatic heterocycles. The molecule has 3 saturated heterocycles. The number of amides is 1. The van der Waals surface area contributed by atoms with Gasteiger partial charge in [-0.25, -0.2) is 13.1 Å². The van der Waals surface area contributed by atoms with Gasteiger partial charge in [0, 0.05) is 79.5 Å². The highest BCUT2D eigenvalue weighted by molar-refractivity contribution is 7.90.